The van der Waals surface area contributed by atoms with E-state index in [1.54, 1.807) is 18.2 Å². The van der Waals surface area contributed by atoms with Crippen LogP contribution in [0.2, 0.25) is 0 Å². The SMILES string of the molecule is Cc1ccc(OC2(C(=O)O)CCN(C(=O)c3cccc(F)c3)CC2)cn1. The highest BCUT2D eigenvalue weighted by Gasteiger charge is 2.45. The topological polar surface area (TPSA) is 79.7 Å². The van der Waals surface area contributed by atoms with Gasteiger partial charge in [0.05, 0.1) is 6.20 Å². The van der Waals surface area contributed by atoms with Crippen LogP contribution in [0.25, 0.3) is 0 Å². The van der Waals surface area contributed by atoms with E-state index in [4.69, 9.17) is 4.74 Å². The lowest BCUT2D eigenvalue weighted by Gasteiger charge is -2.38. The van der Waals surface area contributed by atoms with Gasteiger partial charge in [-0.3, -0.25) is 9.78 Å². The molecule has 1 saturated heterocycles. The molecular weight excluding hydrogens is 339 g/mol. The van der Waals surface area contributed by atoms with Gasteiger partial charge in [-0.05, 0) is 37.3 Å². The summed E-state index contributed by atoms with van der Waals surface area (Å²) in [6.07, 6.45) is 1.76. The summed E-state index contributed by atoms with van der Waals surface area (Å²) in [5.74, 6) is -1.50. The van der Waals surface area contributed by atoms with Gasteiger partial charge >= 0.3 is 5.97 Å². The average Bonchev–Trinajstić information content (AvgIpc) is 2.63. The second kappa shape index (κ2) is 7.11. The first-order valence-electron chi connectivity index (χ1n) is 8.29. The minimum Gasteiger partial charge on any atom is -0.478 e. The molecule has 3 rings (SSSR count). The number of likely N-dealkylation sites (tertiary alicyclic amines) is 1. The first-order valence-corrected chi connectivity index (χ1v) is 8.29. The van der Waals surface area contributed by atoms with Crippen LogP contribution >= 0.6 is 0 Å². The quantitative estimate of drug-likeness (QED) is 0.909. The molecule has 2 aromatic rings. The van der Waals surface area contributed by atoms with Crippen LogP contribution in [0.5, 0.6) is 5.75 Å². The molecule has 1 N–H and O–H groups in total. The summed E-state index contributed by atoms with van der Waals surface area (Å²) in [6, 6.07) is 8.88. The minimum absolute atomic E-state index is 0.136. The summed E-state index contributed by atoms with van der Waals surface area (Å²) in [5, 5.41) is 9.68. The number of carboxylic acid groups (broad SMARTS) is 1. The Balaban J connectivity index is 1.72. The zero-order valence-corrected chi connectivity index (χ0v) is 14.3. The number of ether oxygens (including phenoxy) is 1. The predicted octanol–water partition coefficient (Wildman–Crippen LogP) is 2.67. The lowest BCUT2D eigenvalue weighted by molar-refractivity contribution is -0.159. The molecule has 0 atom stereocenters. The summed E-state index contributed by atoms with van der Waals surface area (Å²) >= 11 is 0. The number of pyridine rings is 1. The molecule has 0 bridgehead atoms. The molecular formula is C19H19FN2O4. The molecule has 0 aliphatic carbocycles. The van der Waals surface area contributed by atoms with Crippen LogP contribution in [0.1, 0.15) is 28.9 Å². The molecule has 0 radical (unpaired) electrons. The van der Waals surface area contributed by atoms with Crippen molar-refractivity contribution in [1.82, 2.24) is 9.88 Å². The number of carbonyl (C=O) groups excluding carboxylic acids is 1. The van der Waals surface area contributed by atoms with E-state index in [0.717, 1.165) is 5.69 Å². The number of amides is 1. The van der Waals surface area contributed by atoms with Crippen molar-refractivity contribution in [2.45, 2.75) is 25.4 Å². The fraction of sp³-hybridized carbons (Fsp3) is 0.316. The molecule has 26 heavy (non-hydrogen) atoms. The highest BCUT2D eigenvalue weighted by molar-refractivity contribution is 5.94. The van der Waals surface area contributed by atoms with Crippen molar-refractivity contribution in [2.75, 3.05) is 13.1 Å². The Morgan fingerprint density at radius 3 is 2.54 bits per heavy atom. The highest BCUT2D eigenvalue weighted by Crippen LogP contribution is 2.30. The maximum absolute atomic E-state index is 13.3. The molecule has 0 unspecified atom stereocenters. The molecule has 1 fully saturated rings. The van der Waals surface area contributed by atoms with Gasteiger partial charge < -0.3 is 14.7 Å². The lowest BCUT2D eigenvalue weighted by Crippen LogP contribution is -2.54. The van der Waals surface area contributed by atoms with Gasteiger partial charge in [-0.1, -0.05) is 6.07 Å². The molecule has 2 heterocycles. The Morgan fingerprint density at radius 2 is 1.96 bits per heavy atom. The van der Waals surface area contributed by atoms with Crippen LogP contribution in [0.4, 0.5) is 4.39 Å². The van der Waals surface area contributed by atoms with Crippen molar-refractivity contribution in [2.24, 2.45) is 0 Å². The van der Waals surface area contributed by atoms with Gasteiger partial charge in [0.25, 0.3) is 5.91 Å². The number of aliphatic carboxylic acids is 1. The summed E-state index contributed by atoms with van der Waals surface area (Å²) < 4.78 is 19.1. The maximum Gasteiger partial charge on any atom is 0.348 e. The van der Waals surface area contributed by atoms with E-state index in [1.165, 1.54) is 29.3 Å². The second-order valence-corrected chi connectivity index (χ2v) is 6.34. The summed E-state index contributed by atoms with van der Waals surface area (Å²) in [4.78, 5) is 30.0. The molecule has 1 amide bonds. The molecule has 1 aromatic carbocycles. The number of halogens is 1. The van der Waals surface area contributed by atoms with E-state index < -0.39 is 17.4 Å². The van der Waals surface area contributed by atoms with E-state index in [-0.39, 0.29) is 37.4 Å². The van der Waals surface area contributed by atoms with Crippen LogP contribution in [-0.4, -0.2) is 45.6 Å². The largest absolute Gasteiger partial charge is 0.478 e. The van der Waals surface area contributed by atoms with E-state index >= 15 is 0 Å². The van der Waals surface area contributed by atoms with Crippen molar-refractivity contribution in [3.8, 4) is 5.75 Å². The molecule has 1 aliphatic heterocycles. The van der Waals surface area contributed by atoms with Crippen LogP contribution in [0, 0.1) is 12.7 Å². The summed E-state index contributed by atoms with van der Waals surface area (Å²) in [7, 11) is 0. The second-order valence-electron chi connectivity index (χ2n) is 6.34. The smallest absolute Gasteiger partial charge is 0.348 e. The molecule has 136 valence electrons. The lowest BCUT2D eigenvalue weighted by atomic mass is 9.90. The predicted molar refractivity (Wildman–Crippen MR) is 91.5 cm³/mol. The first-order chi connectivity index (χ1) is 12.4. The number of carbonyl (C=O) groups is 2. The number of carboxylic acids is 1. The summed E-state index contributed by atoms with van der Waals surface area (Å²) in [6.45, 7) is 2.25. The number of piperidine rings is 1. The van der Waals surface area contributed by atoms with Crippen LogP contribution in [0.15, 0.2) is 42.6 Å². The van der Waals surface area contributed by atoms with Crippen molar-refractivity contribution in [1.29, 1.82) is 0 Å². The van der Waals surface area contributed by atoms with Gasteiger partial charge in [-0.15, -0.1) is 0 Å². The Labute approximate surface area is 150 Å². The molecule has 1 aromatic heterocycles. The Hall–Kier alpha value is -2.96. The molecule has 7 heteroatoms. The number of hydrogen-bond donors (Lipinski definition) is 1. The van der Waals surface area contributed by atoms with Gasteiger partial charge in [0.2, 0.25) is 5.60 Å². The van der Waals surface area contributed by atoms with Gasteiger partial charge in [0.15, 0.2) is 0 Å². The van der Waals surface area contributed by atoms with Crippen molar-refractivity contribution < 1.29 is 23.8 Å². The fourth-order valence-electron chi connectivity index (χ4n) is 2.97. The molecule has 0 saturated carbocycles. The van der Waals surface area contributed by atoms with Crippen molar-refractivity contribution in [3.63, 3.8) is 0 Å². The van der Waals surface area contributed by atoms with Gasteiger partial charge in [0, 0.05) is 37.2 Å². The maximum atomic E-state index is 13.3. The van der Waals surface area contributed by atoms with Crippen LogP contribution in [-0.2, 0) is 4.79 Å². The average molecular weight is 358 g/mol. The number of aromatic nitrogens is 1. The first kappa shape index (κ1) is 17.8. The molecule has 1 aliphatic rings. The normalized spacial score (nSPS) is 16.2. The third-order valence-corrected chi connectivity index (χ3v) is 4.52. The number of aryl methyl sites for hydroxylation is 1. The number of nitrogens with zero attached hydrogens (tertiary/aromatic N) is 2. The molecule has 0 spiro atoms. The standard InChI is InChI=1S/C19H19FN2O4/c1-13-5-6-16(12-21-13)26-19(18(24)25)7-9-22(10-8-19)17(23)14-3-2-4-15(20)11-14/h2-6,11-12H,7-10H2,1H3,(H,24,25). The Morgan fingerprint density at radius 1 is 1.23 bits per heavy atom. The van der Waals surface area contributed by atoms with Gasteiger partial charge in [-0.25, -0.2) is 9.18 Å². The van der Waals surface area contributed by atoms with E-state index in [1.807, 2.05) is 6.92 Å². The zero-order chi connectivity index (χ0) is 18.7. The van der Waals surface area contributed by atoms with Crippen LogP contribution < -0.4 is 4.74 Å². The number of rotatable bonds is 4. The zero-order valence-electron chi connectivity index (χ0n) is 14.3. The van der Waals surface area contributed by atoms with Crippen LogP contribution in [0.3, 0.4) is 0 Å². The Kier molecular flexibility index (Phi) is 4.88. The monoisotopic (exact) mass is 358 g/mol. The van der Waals surface area contributed by atoms with Gasteiger partial charge in [-0.2, -0.15) is 0 Å². The number of benzene rings is 1. The van der Waals surface area contributed by atoms with Crippen molar-refractivity contribution in [3.05, 3.63) is 59.7 Å². The Bertz CT molecular complexity index is 815. The van der Waals surface area contributed by atoms with E-state index in [2.05, 4.69) is 4.98 Å². The molecule has 6 nitrogen and oxygen atoms in total. The highest BCUT2D eigenvalue weighted by atomic mass is 19.1. The minimum atomic E-state index is -1.41. The third kappa shape index (κ3) is 3.66. The van der Waals surface area contributed by atoms with Gasteiger partial charge in [0.1, 0.15) is 11.6 Å². The summed E-state index contributed by atoms with van der Waals surface area (Å²) in [5.41, 5.74) is -0.357. The number of hydrogen-bond acceptors (Lipinski definition) is 4. The van der Waals surface area contributed by atoms with E-state index in [0.29, 0.717) is 5.75 Å². The third-order valence-electron chi connectivity index (χ3n) is 4.52. The van der Waals surface area contributed by atoms with Crippen molar-refractivity contribution >= 4 is 11.9 Å². The fourth-order valence-corrected chi connectivity index (χ4v) is 2.97. The van der Waals surface area contributed by atoms with E-state index in [9.17, 15) is 19.1 Å².